The van der Waals surface area contributed by atoms with Gasteiger partial charge in [0.25, 0.3) is 0 Å². The number of carbonyl (C=O) groups excluding carboxylic acids is 2. The van der Waals surface area contributed by atoms with Crippen molar-refractivity contribution in [3.05, 3.63) is 36.6 Å². The lowest BCUT2D eigenvalue weighted by Gasteiger charge is -2.21. The summed E-state index contributed by atoms with van der Waals surface area (Å²) in [7, 11) is 0. The monoisotopic (exact) mass is 722 g/mol. The molecule has 0 aromatic carbocycles. The summed E-state index contributed by atoms with van der Waals surface area (Å²) in [6, 6.07) is 0. The van der Waals surface area contributed by atoms with E-state index in [0.717, 1.165) is 135 Å². The minimum absolute atomic E-state index is 0.136. The molecule has 0 unspecified atom stereocenters. The third-order valence-corrected chi connectivity index (χ3v) is 8.70. The summed E-state index contributed by atoms with van der Waals surface area (Å²) in [6.45, 7) is 11.1. The highest BCUT2D eigenvalue weighted by atomic mass is 16.7. The molecule has 298 valence electrons. The maximum atomic E-state index is 12.4. The number of allylic oxidation sites excluding steroid dienone is 5. The number of carbonyl (C=O) groups is 2. The molecule has 8 nitrogen and oxygen atoms in total. The largest absolute Gasteiger partial charge is 0.466 e. The van der Waals surface area contributed by atoms with Crippen molar-refractivity contribution in [2.45, 2.75) is 181 Å². The highest BCUT2D eigenvalue weighted by Gasteiger charge is 2.13. The topological polar surface area (TPSA) is 94.5 Å². The van der Waals surface area contributed by atoms with Gasteiger partial charge in [-0.15, -0.1) is 0 Å². The van der Waals surface area contributed by atoms with E-state index in [2.05, 4.69) is 50.0 Å². The summed E-state index contributed by atoms with van der Waals surface area (Å²) in [5, 5.41) is 9.50. The van der Waals surface area contributed by atoms with Gasteiger partial charge in [-0.05, 0) is 109 Å². The molecule has 0 atom stereocenters. The lowest BCUT2D eigenvalue weighted by molar-refractivity contribution is -0.159. The van der Waals surface area contributed by atoms with Crippen molar-refractivity contribution in [3.8, 4) is 0 Å². The first-order valence-electron chi connectivity index (χ1n) is 20.9. The summed E-state index contributed by atoms with van der Waals surface area (Å²) in [5.41, 5.74) is 0. The third-order valence-electron chi connectivity index (χ3n) is 8.70. The van der Waals surface area contributed by atoms with Gasteiger partial charge in [-0.25, -0.2) is 0 Å². The van der Waals surface area contributed by atoms with Crippen molar-refractivity contribution in [1.82, 2.24) is 4.90 Å². The minimum Gasteiger partial charge on any atom is -0.466 e. The van der Waals surface area contributed by atoms with Crippen LogP contribution < -0.4 is 0 Å². The summed E-state index contributed by atoms with van der Waals surface area (Å²) >= 11 is 0. The maximum absolute atomic E-state index is 12.4. The van der Waals surface area contributed by atoms with Crippen LogP contribution >= 0.6 is 0 Å². The number of nitrogens with zero attached hydrogens (tertiary/aromatic N) is 1. The number of rotatable bonds is 39. The number of unbranched alkanes of at least 4 members (excludes halogenated alkanes) is 14. The van der Waals surface area contributed by atoms with Gasteiger partial charge in [0.15, 0.2) is 6.29 Å². The molecule has 0 aromatic rings. The zero-order valence-electron chi connectivity index (χ0n) is 33.3. The van der Waals surface area contributed by atoms with Gasteiger partial charge >= 0.3 is 11.9 Å². The average molecular weight is 722 g/mol. The molecule has 0 radical (unpaired) electrons. The Bertz CT molecular complexity index is 820. The number of hydrogen-bond acceptors (Lipinski definition) is 8. The van der Waals surface area contributed by atoms with Crippen molar-refractivity contribution in [2.75, 3.05) is 46.1 Å². The maximum Gasteiger partial charge on any atom is 0.310 e. The summed E-state index contributed by atoms with van der Waals surface area (Å²) in [6.07, 6.45) is 35.6. The Kier molecular flexibility index (Phi) is 39.2. The Labute approximate surface area is 313 Å². The molecule has 0 bridgehead atoms. The molecule has 0 rings (SSSR count). The van der Waals surface area contributed by atoms with Crippen molar-refractivity contribution in [2.24, 2.45) is 0 Å². The molecule has 0 aromatic heterocycles. The van der Waals surface area contributed by atoms with E-state index in [4.69, 9.17) is 18.9 Å². The number of aliphatic hydroxyl groups is 1. The van der Waals surface area contributed by atoms with E-state index in [0.29, 0.717) is 45.6 Å². The lowest BCUT2D eigenvalue weighted by atomic mass is 10.1. The average Bonchev–Trinajstić information content (AvgIpc) is 3.13. The molecule has 51 heavy (non-hydrogen) atoms. The van der Waals surface area contributed by atoms with Crippen LogP contribution in [0.4, 0.5) is 0 Å². The Morgan fingerprint density at radius 3 is 1.73 bits per heavy atom. The number of esters is 2. The van der Waals surface area contributed by atoms with Gasteiger partial charge in [0.05, 0.1) is 25.9 Å². The quantitative estimate of drug-likeness (QED) is 0.0220. The Morgan fingerprint density at radius 1 is 0.569 bits per heavy atom. The molecule has 0 aliphatic rings. The molecule has 1 N–H and O–H groups in total. The molecule has 0 spiro atoms. The smallest absolute Gasteiger partial charge is 0.310 e. The molecule has 0 saturated heterocycles. The molecule has 0 heterocycles. The van der Waals surface area contributed by atoms with E-state index in [9.17, 15) is 14.7 Å². The predicted molar refractivity (Wildman–Crippen MR) is 212 cm³/mol. The van der Waals surface area contributed by atoms with Crippen LogP contribution in [0, 0.1) is 0 Å². The van der Waals surface area contributed by atoms with Crippen molar-refractivity contribution >= 4 is 11.9 Å². The van der Waals surface area contributed by atoms with Crippen LogP contribution in [0.15, 0.2) is 36.6 Å². The second-order valence-corrected chi connectivity index (χ2v) is 13.5. The Hall–Kier alpha value is -2.00. The molecule has 0 fully saturated rings. The summed E-state index contributed by atoms with van der Waals surface area (Å²) in [5.74, 6) is -0.316. The zero-order valence-corrected chi connectivity index (χ0v) is 33.3. The molecule has 8 heteroatoms. The fourth-order valence-electron chi connectivity index (χ4n) is 5.60. The first-order chi connectivity index (χ1) is 25.1. The van der Waals surface area contributed by atoms with Crippen LogP contribution in [0.25, 0.3) is 0 Å². The molecule has 0 amide bonds. The fourth-order valence-corrected chi connectivity index (χ4v) is 5.60. The highest BCUT2D eigenvalue weighted by Crippen LogP contribution is 2.12. The standard InChI is InChI=1S/C43H79NO7/c1-4-7-10-13-20-28-39-50-43(51-40-29-21-14-11-8-5-2)32-31-42(47)49-38-27-22-18-25-34-44(35-36-45)33-24-17-15-16-23-30-41(46)48-37-26-19-12-9-6-3/h7-8,10-11,26,37,43,45H,4-6,9,12-25,27-36,38-40H2,1-3H3/b10-7-,11-8-,37-26+. The van der Waals surface area contributed by atoms with E-state index in [1.54, 1.807) is 6.26 Å². The molecular weight excluding hydrogens is 642 g/mol. The van der Waals surface area contributed by atoms with Crippen LogP contribution in [-0.2, 0) is 28.5 Å². The molecular formula is C43H79NO7. The van der Waals surface area contributed by atoms with E-state index in [1.165, 1.54) is 12.8 Å². The summed E-state index contributed by atoms with van der Waals surface area (Å²) in [4.78, 5) is 26.6. The lowest BCUT2D eigenvalue weighted by Crippen LogP contribution is -2.29. The van der Waals surface area contributed by atoms with Gasteiger partial charge in [-0.3, -0.25) is 9.59 Å². The second kappa shape index (κ2) is 40.8. The first-order valence-corrected chi connectivity index (χ1v) is 20.9. The van der Waals surface area contributed by atoms with Crippen LogP contribution in [-0.4, -0.2) is 74.3 Å². The van der Waals surface area contributed by atoms with Gasteiger partial charge < -0.3 is 29.0 Å². The SMILES string of the molecule is CC/C=C\CCCCOC(CCC(=O)OCCCCCCN(CCO)CCCCCCCC(=O)O/C=C/CCCCC)OCCCC/C=C\CC. The van der Waals surface area contributed by atoms with Crippen molar-refractivity contribution in [1.29, 1.82) is 0 Å². The molecule has 0 saturated carbocycles. The fraction of sp³-hybridized carbons (Fsp3) is 0.814. The Morgan fingerprint density at radius 2 is 1.12 bits per heavy atom. The van der Waals surface area contributed by atoms with E-state index in [1.807, 2.05) is 6.08 Å². The number of ether oxygens (including phenoxy) is 4. The van der Waals surface area contributed by atoms with Crippen LogP contribution in [0.2, 0.25) is 0 Å². The van der Waals surface area contributed by atoms with Crippen molar-refractivity contribution in [3.63, 3.8) is 0 Å². The highest BCUT2D eigenvalue weighted by molar-refractivity contribution is 5.70. The van der Waals surface area contributed by atoms with E-state index < -0.39 is 0 Å². The summed E-state index contributed by atoms with van der Waals surface area (Å²) < 4.78 is 22.7. The van der Waals surface area contributed by atoms with Gasteiger partial charge in [0, 0.05) is 32.6 Å². The van der Waals surface area contributed by atoms with Gasteiger partial charge in [-0.2, -0.15) is 0 Å². The van der Waals surface area contributed by atoms with Gasteiger partial charge in [0.2, 0.25) is 0 Å². The van der Waals surface area contributed by atoms with Gasteiger partial charge in [0.1, 0.15) is 0 Å². The first kappa shape index (κ1) is 49.0. The minimum atomic E-state index is -0.361. The zero-order chi connectivity index (χ0) is 37.3. The third kappa shape index (κ3) is 37.6. The normalized spacial score (nSPS) is 12.0. The van der Waals surface area contributed by atoms with E-state index in [-0.39, 0.29) is 24.8 Å². The number of aliphatic hydroxyl groups excluding tert-OH is 1. The van der Waals surface area contributed by atoms with Crippen molar-refractivity contribution < 1.29 is 33.6 Å². The van der Waals surface area contributed by atoms with E-state index >= 15 is 0 Å². The van der Waals surface area contributed by atoms with Crippen LogP contribution in [0.3, 0.4) is 0 Å². The number of hydrogen-bond donors (Lipinski definition) is 1. The second-order valence-electron chi connectivity index (χ2n) is 13.5. The van der Waals surface area contributed by atoms with Crippen LogP contribution in [0.1, 0.15) is 175 Å². The molecule has 0 aliphatic heterocycles. The van der Waals surface area contributed by atoms with Gasteiger partial charge in [-0.1, -0.05) is 90.0 Å². The predicted octanol–water partition coefficient (Wildman–Crippen LogP) is 10.8. The molecule has 0 aliphatic carbocycles. The van der Waals surface area contributed by atoms with Crippen LogP contribution in [0.5, 0.6) is 0 Å². The Balaban J connectivity index is 4.04.